The minimum absolute atomic E-state index is 0.0573. The van der Waals surface area contributed by atoms with Crippen molar-refractivity contribution in [2.24, 2.45) is 0 Å². The van der Waals surface area contributed by atoms with Gasteiger partial charge in [-0.1, -0.05) is 28.1 Å². The highest BCUT2D eigenvalue weighted by atomic mass is 79.9. The molecule has 7 heteroatoms. The molecule has 0 spiro atoms. The van der Waals surface area contributed by atoms with E-state index >= 15 is 0 Å². The number of rotatable bonds is 3. The fourth-order valence-corrected chi connectivity index (χ4v) is 3.44. The number of carbonyl (C=O) groups excluding carboxylic acids is 2. The Balaban J connectivity index is 2.18. The van der Waals surface area contributed by atoms with E-state index in [-0.39, 0.29) is 24.1 Å². The van der Waals surface area contributed by atoms with Gasteiger partial charge >= 0.3 is 0 Å². The molecule has 0 saturated carbocycles. The molecule has 0 fully saturated rings. The predicted molar refractivity (Wildman–Crippen MR) is 98.5 cm³/mol. The Labute approximate surface area is 154 Å². The predicted octanol–water partition coefficient (Wildman–Crippen LogP) is 2.49. The van der Waals surface area contributed by atoms with Crippen LogP contribution in [-0.2, 0) is 4.79 Å². The summed E-state index contributed by atoms with van der Waals surface area (Å²) in [5.74, 6) is -0.278. The molecule has 2 aromatic carbocycles. The molecule has 1 aliphatic rings. The van der Waals surface area contributed by atoms with Crippen LogP contribution in [0.4, 0.5) is 5.69 Å². The van der Waals surface area contributed by atoms with Gasteiger partial charge < -0.3 is 20.2 Å². The van der Waals surface area contributed by atoms with Crippen LogP contribution in [0.5, 0.6) is 5.75 Å². The van der Waals surface area contributed by atoms with Gasteiger partial charge in [-0.15, -0.1) is 0 Å². The minimum Gasteiger partial charge on any atom is -0.508 e. The van der Waals surface area contributed by atoms with Crippen LogP contribution in [0.25, 0.3) is 0 Å². The van der Waals surface area contributed by atoms with Crippen molar-refractivity contribution in [3.05, 3.63) is 58.1 Å². The van der Waals surface area contributed by atoms with Crippen molar-refractivity contribution < 1.29 is 14.7 Å². The SMILES string of the molecule is CNC(=O)CN1c2ccccc2C(=O)N(C)[C@@H]1c1cc(Br)ccc1O. The third-order valence-corrected chi connectivity index (χ3v) is 4.78. The number of para-hydroxylation sites is 1. The van der Waals surface area contributed by atoms with E-state index in [9.17, 15) is 14.7 Å². The Morgan fingerprint density at radius 2 is 2.00 bits per heavy atom. The molecule has 0 aromatic heterocycles. The average molecular weight is 404 g/mol. The summed E-state index contributed by atoms with van der Waals surface area (Å²) in [4.78, 5) is 28.2. The van der Waals surface area contributed by atoms with Crippen LogP contribution in [0.3, 0.4) is 0 Å². The van der Waals surface area contributed by atoms with Crippen molar-refractivity contribution in [1.82, 2.24) is 10.2 Å². The summed E-state index contributed by atoms with van der Waals surface area (Å²) in [5, 5.41) is 13.0. The lowest BCUT2D eigenvalue weighted by molar-refractivity contribution is -0.119. The number of hydrogen-bond donors (Lipinski definition) is 2. The monoisotopic (exact) mass is 403 g/mol. The summed E-state index contributed by atoms with van der Waals surface area (Å²) in [6, 6.07) is 12.2. The van der Waals surface area contributed by atoms with Crippen molar-refractivity contribution in [3.63, 3.8) is 0 Å². The van der Waals surface area contributed by atoms with Crippen molar-refractivity contribution in [3.8, 4) is 5.75 Å². The van der Waals surface area contributed by atoms with Crippen molar-refractivity contribution in [2.45, 2.75) is 6.17 Å². The van der Waals surface area contributed by atoms with Gasteiger partial charge in [0.1, 0.15) is 11.9 Å². The number of likely N-dealkylation sites (N-methyl/N-ethyl adjacent to an activating group) is 1. The van der Waals surface area contributed by atoms with E-state index in [0.29, 0.717) is 16.8 Å². The van der Waals surface area contributed by atoms with Crippen LogP contribution < -0.4 is 10.2 Å². The molecule has 0 radical (unpaired) electrons. The Morgan fingerprint density at radius 1 is 1.28 bits per heavy atom. The van der Waals surface area contributed by atoms with Gasteiger partial charge in [0, 0.05) is 24.1 Å². The summed E-state index contributed by atoms with van der Waals surface area (Å²) in [5.41, 5.74) is 1.74. The largest absolute Gasteiger partial charge is 0.508 e. The van der Waals surface area contributed by atoms with Gasteiger partial charge in [-0.25, -0.2) is 0 Å². The second-order valence-electron chi connectivity index (χ2n) is 5.81. The zero-order valence-electron chi connectivity index (χ0n) is 13.9. The maximum atomic E-state index is 12.8. The highest BCUT2D eigenvalue weighted by Gasteiger charge is 2.38. The molecule has 3 rings (SSSR count). The molecular formula is C18H18BrN3O3. The molecule has 2 amide bonds. The van der Waals surface area contributed by atoms with E-state index in [2.05, 4.69) is 21.2 Å². The molecule has 0 aliphatic carbocycles. The zero-order valence-corrected chi connectivity index (χ0v) is 15.4. The lowest BCUT2D eigenvalue weighted by atomic mass is 10.0. The topological polar surface area (TPSA) is 72.9 Å². The van der Waals surface area contributed by atoms with Crippen molar-refractivity contribution in [1.29, 1.82) is 0 Å². The highest BCUT2D eigenvalue weighted by Crippen LogP contribution is 2.41. The first-order valence-corrected chi connectivity index (χ1v) is 8.55. The molecule has 2 N–H and O–H groups in total. The quantitative estimate of drug-likeness (QED) is 0.825. The number of phenolic OH excluding ortho intramolecular Hbond substituents is 1. The van der Waals surface area contributed by atoms with E-state index in [1.165, 1.54) is 4.90 Å². The molecule has 130 valence electrons. The summed E-state index contributed by atoms with van der Waals surface area (Å²) in [6.07, 6.45) is -0.600. The first kappa shape index (κ1) is 17.3. The van der Waals surface area contributed by atoms with Crippen LogP contribution in [0, 0.1) is 0 Å². The third kappa shape index (κ3) is 3.07. The summed E-state index contributed by atoms with van der Waals surface area (Å²) in [6.45, 7) is 0.0573. The van der Waals surface area contributed by atoms with Gasteiger partial charge in [-0.2, -0.15) is 0 Å². The number of fused-ring (bicyclic) bond motifs is 1. The number of nitrogens with one attached hydrogen (secondary N) is 1. The number of carbonyl (C=O) groups is 2. The number of nitrogens with zero attached hydrogens (tertiary/aromatic N) is 2. The number of hydrogen-bond acceptors (Lipinski definition) is 4. The number of halogens is 1. The highest BCUT2D eigenvalue weighted by molar-refractivity contribution is 9.10. The number of aromatic hydroxyl groups is 1. The van der Waals surface area contributed by atoms with E-state index < -0.39 is 6.17 Å². The summed E-state index contributed by atoms with van der Waals surface area (Å²) in [7, 11) is 3.23. The number of benzene rings is 2. The first-order valence-electron chi connectivity index (χ1n) is 7.76. The average Bonchev–Trinajstić information content (AvgIpc) is 2.62. The summed E-state index contributed by atoms with van der Waals surface area (Å²) >= 11 is 3.40. The second kappa shape index (κ2) is 6.76. The molecule has 0 saturated heterocycles. The summed E-state index contributed by atoms with van der Waals surface area (Å²) < 4.78 is 0.778. The zero-order chi connectivity index (χ0) is 18.1. The van der Waals surface area contributed by atoms with E-state index in [1.807, 2.05) is 17.0 Å². The lowest BCUT2D eigenvalue weighted by Crippen LogP contribution is -2.50. The molecule has 0 unspecified atom stereocenters. The van der Waals surface area contributed by atoms with Gasteiger partial charge in [0.15, 0.2) is 0 Å². The number of phenols is 1. The lowest BCUT2D eigenvalue weighted by Gasteiger charge is -2.44. The maximum Gasteiger partial charge on any atom is 0.257 e. The smallest absolute Gasteiger partial charge is 0.257 e. The molecule has 1 aliphatic heterocycles. The Kier molecular flexibility index (Phi) is 4.67. The van der Waals surface area contributed by atoms with Crippen LogP contribution >= 0.6 is 15.9 Å². The molecular weight excluding hydrogens is 386 g/mol. The molecule has 2 aromatic rings. The molecule has 0 bridgehead atoms. The van der Waals surface area contributed by atoms with Gasteiger partial charge in [-0.3, -0.25) is 9.59 Å². The number of anilines is 1. The van der Waals surface area contributed by atoms with E-state index in [1.54, 1.807) is 44.4 Å². The Morgan fingerprint density at radius 3 is 2.72 bits per heavy atom. The standard InChI is InChI=1S/C18H18BrN3O3/c1-20-16(24)10-22-14-6-4-3-5-12(14)18(25)21(2)17(22)13-9-11(19)7-8-15(13)23/h3-9,17,23H,10H2,1-2H3,(H,20,24)/t17-/m0/s1. The van der Waals surface area contributed by atoms with Gasteiger partial charge in [0.05, 0.1) is 17.8 Å². The first-order chi connectivity index (χ1) is 11.9. The van der Waals surface area contributed by atoms with Crippen molar-refractivity contribution >= 4 is 33.4 Å². The van der Waals surface area contributed by atoms with Gasteiger partial charge in [-0.05, 0) is 30.3 Å². The molecule has 25 heavy (non-hydrogen) atoms. The van der Waals surface area contributed by atoms with Gasteiger partial charge in [0.2, 0.25) is 5.91 Å². The van der Waals surface area contributed by atoms with Crippen molar-refractivity contribution in [2.75, 3.05) is 25.5 Å². The minimum atomic E-state index is -0.600. The molecule has 1 atom stereocenters. The van der Waals surface area contributed by atoms with Crippen LogP contribution in [0.15, 0.2) is 46.9 Å². The number of amides is 2. The van der Waals surface area contributed by atoms with E-state index in [0.717, 1.165) is 4.47 Å². The second-order valence-corrected chi connectivity index (χ2v) is 6.73. The van der Waals surface area contributed by atoms with Gasteiger partial charge in [0.25, 0.3) is 5.91 Å². The Hall–Kier alpha value is -2.54. The Bertz CT molecular complexity index is 840. The van der Waals surface area contributed by atoms with Crippen LogP contribution in [0.1, 0.15) is 22.1 Å². The third-order valence-electron chi connectivity index (χ3n) is 4.29. The van der Waals surface area contributed by atoms with Crippen LogP contribution in [0.2, 0.25) is 0 Å². The fourth-order valence-electron chi connectivity index (χ4n) is 3.06. The van der Waals surface area contributed by atoms with Crippen LogP contribution in [-0.4, -0.2) is 42.5 Å². The van der Waals surface area contributed by atoms with E-state index in [4.69, 9.17) is 0 Å². The normalized spacial score (nSPS) is 16.6. The maximum absolute atomic E-state index is 12.8. The fraction of sp³-hybridized carbons (Fsp3) is 0.222. The molecule has 1 heterocycles. The molecule has 6 nitrogen and oxygen atoms in total.